The van der Waals surface area contributed by atoms with Gasteiger partial charge in [-0.2, -0.15) is 0 Å². The van der Waals surface area contributed by atoms with E-state index >= 15 is 0 Å². The summed E-state index contributed by atoms with van der Waals surface area (Å²) < 4.78 is 10.3. The van der Waals surface area contributed by atoms with Crippen molar-refractivity contribution < 1.29 is 50.0 Å². The van der Waals surface area contributed by atoms with Crippen molar-refractivity contribution in [2.24, 2.45) is 0 Å². The number of phenolic OH excluding ortho intramolecular Hbond substituents is 2. The van der Waals surface area contributed by atoms with Crippen LogP contribution in [0.25, 0.3) is 0 Å². The van der Waals surface area contributed by atoms with Gasteiger partial charge in [0.15, 0.2) is 23.9 Å². The number of ether oxygens (including phenoxy) is 2. The topological polar surface area (TPSA) is 177 Å². The Bertz CT molecular complexity index is 604. The Hall–Kier alpha value is -1.95. The predicted molar refractivity (Wildman–Crippen MR) is 79.8 cm³/mol. The van der Waals surface area contributed by atoms with Crippen molar-refractivity contribution in [3.8, 4) is 11.5 Å². The van der Waals surface area contributed by atoms with Gasteiger partial charge in [-0.25, -0.2) is 4.79 Å². The van der Waals surface area contributed by atoms with Crippen LogP contribution in [0.4, 0.5) is 0 Å². The number of aromatic hydroxyl groups is 2. The van der Waals surface area contributed by atoms with Crippen LogP contribution >= 0.6 is 0 Å². The highest BCUT2D eigenvalue weighted by atomic mass is 16.7. The van der Waals surface area contributed by atoms with E-state index < -0.39 is 55.1 Å². The van der Waals surface area contributed by atoms with Crippen molar-refractivity contribution in [1.29, 1.82) is 0 Å². The summed E-state index contributed by atoms with van der Waals surface area (Å²) in [6.07, 6.45) is -9.59. The van der Waals surface area contributed by atoms with E-state index in [1.165, 1.54) is 12.1 Å². The first kappa shape index (κ1) is 19.4. The molecule has 1 heterocycles. The number of carboxylic acids is 1. The Morgan fingerprint density at radius 1 is 1.12 bits per heavy atom. The monoisotopic (exact) mass is 360 g/mol. The van der Waals surface area contributed by atoms with Gasteiger partial charge < -0.3 is 45.2 Å². The Morgan fingerprint density at radius 3 is 2.36 bits per heavy atom. The van der Waals surface area contributed by atoms with Gasteiger partial charge in [0.1, 0.15) is 24.4 Å². The molecule has 0 aliphatic carbocycles. The second kappa shape index (κ2) is 7.95. The molecule has 0 radical (unpaired) electrons. The van der Waals surface area contributed by atoms with Crippen molar-refractivity contribution in [2.45, 2.75) is 43.2 Å². The molecule has 10 heteroatoms. The summed E-state index contributed by atoms with van der Waals surface area (Å²) in [7, 11) is 0. The van der Waals surface area contributed by atoms with E-state index in [1.54, 1.807) is 0 Å². The normalized spacial score (nSPS) is 30.8. The molecular weight excluding hydrogens is 340 g/mol. The van der Waals surface area contributed by atoms with Gasteiger partial charge in [-0.05, 0) is 17.7 Å². The van der Waals surface area contributed by atoms with Crippen LogP contribution in [-0.4, -0.2) is 85.1 Å². The van der Waals surface area contributed by atoms with E-state index in [9.17, 15) is 35.4 Å². The number of aliphatic hydroxyl groups excluding tert-OH is 4. The lowest BCUT2D eigenvalue weighted by Gasteiger charge is -2.40. The maximum atomic E-state index is 11.4. The van der Waals surface area contributed by atoms with Crippen LogP contribution in [0.2, 0.25) is 0 Å². The van der Waals surface area contributed by atoms with Crippen LogP contribution in [0.15, 0.2) is 18.2 Å². The molecule has 6 atom stereocenters. The average molecular weight is 360 g/mol. The lowest BCUT2D eigenvalue weighted by molar-refractivity contribution is -0.309. The summed E-state index contributed by atoms with van der Waals surface area (Å²) in [5, 5.41) is 66.4. The van der Waals surface area contributed by atoms with Gasteiger partial charge >= 0.3 is 5.97 Å². The number of benzene rings is 1. The fourth-order valence-corrected chi connectivity index (χ4v) is 2.45. The first-order valence-electron chi connectivity index (χ1n) is 7.44. The summed E-state index contributed by atoms with van der Waals surface area (Å²) in [6, 6.07) is 3.71. The van der Waals surface area contributed by atoms with Gasteiger partial charge in [0, 0.05) is 6.42 Å². The second-order valence-electron chi connectivity index (χ2n) is 5.69. The molecule has 1 saturated heterocycles. The van der Waals surface area contributed by atoms with Gasteiger partial charge in [0.05, 0.1) is 6.61 Å². The van der Waals surface area contributed by atoms with Gasteiger partial charge in [-0.3, -0.25) is 0 Å². The standard InChI is InChI=1S/C15H20O10/c16-5-10-11(19)12(20)13(21)15(25-10)24-9(14(22)23)4-6-1-2-7(17)8(18)3-6/h1-3,9-13,15-21H,4-5H2,(H,22,23)/t9-,10-,11-,12+,13-,15+/m1/s1. The lowest BCUT2D eigenvalue weighted by atomic mass is 9.99. The van der Waals surface area contributed by atoms with Crippen molar-refractivity contribution in [2.75, 3.05) is 6.61 Å². The van der Waals surface area contributed by atoms with E-state index in [4.69, 9.17) is 14.6 Å². The highest BCUT2D eigenvalue weighted by Gasteiger charge is 2.45. The largest absolute Gasteiger partial charge is 0.504 e. The molecule has 0 bridgehead atoms. The van der Waals surface area contributed by atoms with Crippen LogP contribution in [0.5, 0.6) is 11.5 Å². The third kappa shape index (κ3) is 4.37. The molecule has 1 aliphatic heterocycles. The Balaban J connectivity index is 2.12. The minimum atomic E-state index is -1.73. The Kier molecular flexibility index (Phi) is 6.16. The minimum absolute atomic E-state index is 0.238. The quantitative estimate of drug-likeness (QED) is 0.278. The highest BCUT2D eigenvalue weighted by Crippen LogP contribution is 2.27. The summed E-state index contributed by atoms with van der Waals surface area (Å²) >= 11 is 0. The molecule has 2 rings (SSSR count). The fourth-order valence-electron chi connectivity index (χ4n) is 2.45. The first-order valence-corrected chi connectivity index (χ1v) is 7.44. The van der Waals surface area contributed by atoms with Crippen LogP contribution < -0.4 is 0 Å². The van der Waals surface area contributed by atoms with E-state index in [0.717, 1.165) is 6.07 Å². The van der Waals surface area contributed by atoms with Crippen LogP contribution in [0.1, 0.15) is 5.56 Å². The van der Waals surface area contributed by atoms with E-state index in [-0.39, 0.29) is 12.2 Å². The SMILES string of the molecule is O=C(O)[C@@H](Cc1ccc(O)c(O)c1)O[C@H]1O[C@H](CO)[C@@H](O)[C@H](O)[C@H]1O. The van der Waals surface area contributed by atoms with E-state index in [0.29, 0.717) is 5.56 Å². The number of aliphatic hydroxyl groups is 4. The van der Waals surface area contributed by atoms with Crippen LogP contribution in [-0.2, 0) is 20.7 Å². The van der Waals surface area contributed by atoms with Gasteiger partial charge in [-0.1, -0.05) is 6.07 Å². The second-order valence-corrected chi connectivity index (χ2v) is 5.69. The average Bonchev–Trinajstić information content (AvgIpc) is 2.57. The summed E-state index contributed by atoms with van der Waals surface area (Å²) in [5.74, 6) is -2.20. The minimum Gasteiger partial charge on any atom is -0.504 e. The molecule has 0 amide bonds. The zero-order valence-corrected chi connectivity index (χ0v) is 13.0. The maximum absolute atomic E-state index is 11.4. The molecule has 1 aliphatic rings. The van der Waals surface area contributed by atoms with Crippen molar-refractivity contribution >= 4 is 5.97 Å². The number of rotatable bonds is 6. The summed E-state index contributed by atoms with van der Waals surface area (Å²) in [5.41, 5.74) is 0.326. The Labute approximate surface area is 142 Å². The van der Waals surface area contributed by atoms with Crippen molar-refractivity contribution in [3.05, 3.63) is 23.8 Å². The lowest BCUT2D eigenvalue weighted by Crippen LogP contribution is -2.60. The molecule has 140 valence electrons. The van der Waals surface area contributed by atoms with Crippen LogP contribution in [0.3, 0.4) is 0 Å². The number of aliphatic carboxylic acids is 1. The number of hydrogen-bond acceptors (Lipinski definition) is 9. The number of phenols is 2. The third-order valence-corrected chi connectivity index (χ3v) is 3.88. The molecule has 25 heavy (non-hydrogen) atoms. The van der Waals surface area contributed by atoms with Crippen molar-refractivity contribution in [3.63, 3.8) is 0 Å². The number of hydrogen-bond donors (Lipinski definition) is 7. The summed E-state index contributed by atoms with van der Waals surface area (Å²) in [6.45, 7) is -0.672. The number of carboxylic acid groups (broad SMARTS) is 1. The van der Waals surface area contributed by atoms with E-state index in [1.807, 2.05) is 0 Å². The molecule has 1 aromatic carbocycles. The zero-order chi connectivity index (χ0) is 18.7. The molecule has 0 spiro atoms. The first-order chi connectivity index (χ1) is 11.7. The molecule has 0 aromatic heterocycles. The molecule has 0 saturated carbocycles. The molecule has 1 fully saturated rings. The third-order valence-electron chi connectivity index (χ3n) is 3.88. The molecule has 10 nitrogen and oxygen atoms in total. The van der Waals surface area contributed by atoms with E-state index in [2.05, 4.69) is 0 Å². The van der Waals surface area contributed by atoms with Gasteiger partial charge in [-0.15, -0.1) is 0 Å². The maximum Gasteiger partial charge on any atom is 0.333 e. The molecule has 7 N–H and O–H groups in total. The predicted octanol–water partition coefficient (Wildman–Crippen LogP) is -2.09. The molecule has 1 aromatic rings. The zero-order valence-electron chi connectivity index (χ0n) is 13.0. The smallest absolute Gasteiger partial charge is 0.333 e. The van der Waals surface area contributed by atoms with Crippen molar-refractivity contribution in [1.82, 2.24) is 0 Å². The highest BCUT2D eigenvalue weighted by molar-refractivity contribution is 5.72. The van der Waals surface area contributed by atoms with Crippen LogP contribution in [0, 0.1) is 0 Å². The molecule has 0 unspecified atom stereocenters. The van der Waals surface area contributed by atoms with Gasteiger partial charge in [0.2, 0.25) is 0 Å². The molecular formula is C15H20O10. The van der Waals surface area contributed by atoms with Gasteiger partial charge in [0.25, 0.3) is 0 Å². The summed E-state index contributed by atoms with van der Waals surface area (Å²) in [4.78, 5) is 11.4. The number of carbonyl (C=O) groups is 1. The Morgan fingerprint density at radius 2 is 1.80 bits per heavy atom. The fraction of sp³-hybridized carbons (Fsp3) is 0.533.